The number of benzene rings is 2. The van der Waals surface area contributed by atoms with Crippen molar-refractivity contribution in [1.82, 2.24) is 4.98 Å². The molecule has 2 aromatic carbocycles. The Hall–Kier alpha value is -2.61. The van der Waals surface area contributed by atoms with Gasteiger partial charge in [-0.15, -0.1) is 0 Å². The number of nitrogens with one attached hydrogen (secondary N) is 1. The van der Waals surface area contributed by atoms with Gasteiger partial charge in [0.2, 0.25) is 0 Å². The molecule has 3 aromatic rings. The van der Waals surface area contributed by atoms with E-state index in [1.54, 1.807) is 0 Å². The van der Waals surface area contributed by atoms with E-state index in [0.717, 1.165) is 27.6 Å². The molecule has 22 heavy (non-hydrogen) atoms. The van der Waals surface area contributed by atoms with E-state index in [1.165, 1.54) is 0 Å². The monoisotopic (exact) mass is 289 g/mol. The first-order chi connectivity index (χ1) is 10.7. The van der Waals surface area contributed by atoms with E-state index < -0.39 is 0 Å². The number of rotatable bonds is 3. The molecule has 110 valence electrons. The summed E-state index contributed by atoms with van der Waals surface area (Å²) < 4.78 is 0. The van der Waals surface area contributed by atoms with Crippen LogP contribution < -0.4 is 5.56 Å². The number of H-pyrrole nitrogens is 1. The highest BCUT2D eigenvalue weighted by Gasteiger charge is 2.12. The van der Waals surface area contributed by atoms with Crippen molar-refractivity contribution in [2.75, 3.05) is 0 Å². The van der Waals surface area contributed by atoms with Gasteiger partial charge in [0.25, 0.3) is 5.56 Å². The van der Waals surface area contributed by atoms with Crippen LogP contribution in [0.2, 0.25) is 0 Å². The Labute approximate surface area is 130 Å². The molecular weight excluding hydrogens is 270 g/mol. The van der Waals surface area contributed by atoms with Gasteiger partial charge in [-0.3, -0.25) is 4.79 Å². The molecule has 2 heteroatoms. The van der Waals surface area contributed by atoms with E-state index in [1.807, 2.05) is 60.7 Å². The summed E-state index contributed by atoms with van der Waals surface area (Å²) in [5.74, 6) is 0.195. The molecule has 0 unspecified atom stereocenters. The van der Waals surface area contributed by atoms with Gasteiger partial charge in [-0.1, -0.05) is 74.5 Å². The van der Waals surface area contributed by atoms with Crippen LogP contribution in [-0.2, 0) is 0 Å². The van der Waals surface area contributed by atoms with Crippen LogP contribution in [0, 0.1) is 0 Å². The third-order valence-electron chi connectivity index (χ3n) is 3.82. The van der Waals surface area contributed by atoms with Gasteiger partial charge in [0.1, 0.15) is 0 Å². The second kappa shape index (κ2) is 6.02. The molecule has 0 aliphatic heterocycles. The summed E-state index contributed by atoms with van der Waals surface area (Å²) in [4.78, 5) is 15.4. The first kappa shape index (κ1) is 14.3. The van der Waals surface area contributed by atoms with Gasteiger partial charge in [-0.05, 0) is 22.9 Å². The predicted molar refractivity (Wildman–Crippen MR) is 94.0 cm³/mol. The van der Waals surface area contributed by atoms with Crippen LogP contribution in [0.15, 0.2) is 59.4 Å². The third kappa shape index (κ3) is 2.73. The summed E-state index contributed by atoms with van der Waals surface area (Å²) in [6.07, 6.45) is 4.00. The highest BCUT2D eigenvalue weighted by molar-refractivity contribution is 5.93. The maximum Gasteiger partial charge on any atom is 0.252 e. The van der Waals surface area contributed by atoms with Gasteiger partial charge < -0.3 is 4.98 Å². The molecule has 0 spiro atoms. The molecule has 2 nitrogen and oxygen atoms in total. The first-order valence-corrected chi connectivity index (χ1v) is 7.55. The molecule has 1 N–H and O–H groups in total. The average Bonchev–Trinajstić information content (AvgIpc) is 2.53. The van der Waals surface area contributed by atoms with Gasteiger partial charge in [0.15, 0.2) is 0 Å². The van der Waals surface area contributed by atoms with Gasteiger partial charge >= 0.3 is 0 Å². The van der Waals surface area contributed by atoms with Crippen LogP contribution in [0.1, 0.15) is 36.6 Å². The van der Waals surface area contributed by atoms with Gasteiger partial charge in [-0.2, -0.15) is 0 Å². The summed E-state index contributed by atoms with van der Waals surface area (Å²) in [5, 5.41) is 2.12. The van der Waals surface area contributed by atoms with Crippen molar-refractivity contribution in [3.8, 4) is 0 Å². The molecule has 1 aromatic heterocycles. The van der Waals surface area contributed by atoms with Crippen LogP contribution in [-0.4, -0.2) is 4.98 Å². The Bertz CT molecular complexity index is 873. The minimum absolute atomic E-state index is 0.00131. The summed E-state index contributed by atoms with van der Waals surface area (Å²) in [5.41, 5.74) is 2.82. The minimum Gasteiger partial charge on any atom is -0.322 e. The molecule has 3 rings (SSSR count). The number of hydrogen-bond acceptors (Lipinski definition) is 1. The van der Waals surface area contributed by atoms with Gasteiger partial charge in [-0.25, -0.2) is 0 Å². The Morgan fingerprint density at radius 1 is 0.864 bits per heavy atom. The van der Waals surface area contributed by atoms with E-state index in [2.05, 4.69) is 24.9 Å². The molecule has 0 saturated heterocycles. The fourth-order valence-corrected chi connectivity index (χ4v) is 2.78. The lowest BCUT2D eigenvalue weighted by Gasteiger charge is -2.11. The largest absolute Gasteiger partial charge is 0.322 e. The molecule has 0 radical (unpaired) electrons. The van der Waals surface area contributed by atoms with E-state index in [-0.39, 0.29) is 11.5 Å². The summed E-state index contributed by atoms with van der Waals surface area (Å²) in [7, 11) is 0. The lowest BCUT2D eigenvalue weighted by atomic mass is 9.96. The second-order valence-electron chi connectivity index (χ2n) is 5.73. The minimum atomic E-state index is 0.00131. The number of aromatic amines is 1. The molecule has 0 bridgehead atoms. The lowest BCUT2D eigenvalue weighted by Crippen LogP contribution is -2.15. The molecule has 0 atom stereocenters. The van der Waals surface area contributed by atoms with Crippen molar-refractivity contribution in [2.45, 2.75) is 19.8 Å². The van der Waals surface area contributed by atoms with E-state index in [0.29, 0.717) is 0 Å². The molecular formula is C20H19NO. The number of aromatic nitrogens is 1. The maximum atomic E-state index is 12.4. The van der Waals surface area contributed by atoms with E-state index >= 15 is 0 Å². The zero-order chi connectivity index (χ0) is 15.5. The summed E-state index contributed by atoms with van der Waals surface area (Å²) in [6, 6.07) is 18.2. The number of pyridine rings is 1. The van der Waals surface area contributed by atoms with E-state index in [9.17, 15) is 4.79 Å². The lowest BCUT2D eigenvalue weighted by molar-refractivity contribution is 0.855. The Balaban J connectivity index is 2.17. The fourth-order valence-electron chi connectivity index (χ4n) is 2.78. The SMILES string of the molecule is CC(C)c1c(=O)[nH]c(/C=C/c2ccccc2)c2ccccc12. The second-order valence-corrected chi connectivity index (χ2v) is 5.73. The number of fused-ring (bicyclic) bond motifs is 1. The van der Waals surface area contributed by atoms with Crippen LogP contribution in [0.25, 0.3) is 22.9 Å². The normalized spacial score (nSPS) is 11.6. The Morgan fingerprint density at radius 3 is 2.18 bits per heavy atom. The Morgan fingerprint density at radius 2 is 1.50 bits per heavy atom. The standard InChI is InChI=1S/C20H19NO/c1-14(2)19-17-11-7-6-10-16(17)18(21-20(19)22)13-12-15-8-4-3-5-9-15/h3-14H,1-2H3,(H,21,22)/b13-12+. The zero-order valence-corrected chi connectivity index (χ0v) is 12.8. The van der Waals surface area contributed by atoms with Crippen LogP contribution >= 0.6 is 0 Å². The molecule has 0 aliphatic carbocycles. The molecule has 0 amide bonds. The fraction of sp³-hybridized carbons (Fsp3) is 0.150. The van der Waals surface area contributed by atoms with Crippen LogP contribution in [0.4, 0.5) is 0 Å². The molecule has 0 fully saturated rings. The topological polar surface area (TPSA) is 32.9 Å². The van der Waals surface area contributed by atoms with Crippen LogP contribution in [0.5, 0.6) is 0 Å². The van der Waals surface area contributed by atoms with Crippen molar-refractivity contribution in [3.05, 3.63) is 81.8 Å². The van der Waals surface area contributed by atoms with Crippen molar-refractivity contribution < 1.29 is 0 Å². The highest BCUT2D eigenvalue weighted by atomic mass is 16.1. The summed E-state index contributed by atoms with van der Waals surface area (Å²) >= 11 is 0. The average molecular weight is 289 g/mol. The van der Waals surface area contributed by atoms with Crippen molar-refractivity contribution >= 4 is 22.9 Å². The Kier molecular flexibility index (Phi) is 3.92. The quantitative estimate of drug-likeness (QED) is 0.736. The van der Waals surface area contributed by atoms with Crippen LogP contribution in [0.3, 0.4) is 0 Å². The number of hydrogen-bond donors (Lipinski definition) is 1. The summed E-state index contributed by atoms with van der Waals surface area (Å²) in [6.45, 7) is 4.10. The molecule has 1 heterocycles. The highest BCUT2D eigenvalue weighted by Crippen LogP contribution is 2.24. The van der Waals surface area contributed by atoms with Crippen molar-refractivity contribution in [3.63, 3.8) is 0 Å². The van der Waals surface area contributed by atoms with E-state index in [4.69, 9.17) is 0 Å². The smallest absolute Gasteiger partial charge is 0.252 e. The molecule has 0 saturated carbocycles. The predicted octanol–water partition coefficient (Wildman–Crippen LogP) is 4.82. The molecule has 0 aliphatic rings. The van der Waals surface area contributed by atoms with Gasteiger partial charge in [0, 0.05) is 16.6 Å². The van der Waals surface area contributed by atoms with Crippen molar-refractivity contribution in [1.29, 1.82) is 0 Å². The third-order valence-corrected chi connectivity index (χ3v) is 3.82. The maximum absolute atomic E-state index is 12.4. The zero-order valence-electron chi connectivity index (χ0n) is 12.8. The van der Waals surface area contributed by atoms with Crippen molar-refractivity contribution in [2.24, 2.45) is 0 Å². The first-order valence-electron chi connectivity index (χ1n) is 7.55. The van der Waals surface area contributed by atoms with Gasteiger partial charge in [0.05, 0.1) is 0 Å².